The van der Waals surface area contributed by atoms with E-state index < -0.39 is 11.2 Å². The number of rotatable bonds is 6. The number of benzene rings is 2. The van der Waals surface area contributed by atoms with Crippen LogP contribution in [0.25, 0.3) is 16.7 Å². The second kappa shape index (κ2) is 9.65. The summed E-state index contributed by atoms with van der Waals surface area (Å²) in [5.41, 5.74) is 1.17. The zero-order valence-corrected chi connectivity index (χ0v) is 20.0. The van der Waals surface area contributed by atoms with E-state index in [9.17, 15) is 14.4 Å². The number of hydrogen-bond acceptors (Lipinski definition) is 4. The number of carbonyl (C=O) groups excluding carboxylic acids is 1. The molecule has 2 aromatic carbocycles. The summed E-state index contributed by atoms with van der Waals surface area (Å²) in [6.45, 7) is 6.54. The minimum Gasteiger partial charge on any atom is -0.339 e. The summed E-state index contributed by atoms with van der Waals surface area (Å²) in [7, 11) is 0. The molecule has 0 saturated carbocycles. The molecule has 2 aromatic heterocycles. The molecule has 174 valence electrons. The van der Waals surface area contributed by atoms with Crippen LogP contribution in [0, 0.1) is 6.92 Å². The summed E-state index contributed by atoms with van der Waals surface area (Å²) in [4.78, 5) is 47.0. The first-order chi connectivity index (χ1) is 16.3. The van der Waals surface area contributed by atoms with E-state index in [1.165, 1.54) is 4.57 Å². The number of amides is 1. The Labute approximate surface area is 201 Å². The molecule has 8 heteroatoms. The fourth-order valence-electron chi connectivity index (χ4n) is 4.03. The predicted octanol–water partition coefficient (Wildman–Crippen LogP) is 4.04. The molecule has 0 N–H and O–H groups in total. The molecule has 34 heavy (non-hydrogen) atoms. The Hall–Kier alpha value is -3.71. The molecular formula is C26H25ClN4O3. The predicted molar refractivity (Wildman–Crippen MR) is 134 cm³/mol. The van der Waals surface area contributed by atoms with Gasteiger partial charge in [0, 0.05) is 23.8 Å². The Morgan fingerprint density at radius 3 is 2.26 bits per heavy atom. The van der Waals surface area contributed by atoms with Gasteiger partial charge in [0.25, 0.3) is 11.5 Å². The average molecular weight is 477 g/mol. The summed E-state index contributed by atoms with van der Waals surface area (Å²) < 4.78 is 2.55. The van der Waals surface area contributed by atoms with Crippen molar-refractivity contribution in [3.8, 4) is 5.69 Å². The normalized spacial score (nSPS) is 11.1. The number of halogens is 1. The Morgan fingerprint density at radius 2 is 1.65 bits per heavy atom. The van der Waals surface area contributed by atoms with Gasteiger partial charge in [-0.15, -0.1) is 0 Å². The summed E-state index contributed by atoms with van der Waals surface area (Å²) in [5.74, 6) is -0.270. The zero-order valence-electron chi connectivity index (χ0n) is 19.3. The van der Waals surface area contributed by atoms with Gasteiger partial charge in [0.05, 0.1) is 23.2 Å². The van der Waals surface area contributed by atoms with E-state index in [0.29, 0.717) is 29.5 Å². The van der Waals surface area contributed by atoms with Gasteiger partial charge < -0.3 is 4.90 Å². The molecule has 1 amide bonds. The van der Waals surface area contributed by atoms with Gasteiger partial charge in [-0.05, 0) is 56.7 Å². The maximum absolute atomic E-state index is 13.8. The maximum atomic E-state index is 13.8. The number of aryl methyl sites for hydroxylation is 1. The van der Waals surface area contributed by atoms with E-state index >= 15 is 0 Å². The van der Waals surface area contributed by atoms with E-state index in [0.717, 1.165) is 10.1 Å². The van der Waals surface area contributed by atoms with Crippen molar-refractivity contribution >= 4 is 28.5 Å². The van der Waals surface area contributed by atoms with Gasteiger partial charge in [0.2, 0.25) is 0 Å². The van der Waals surface area contributed by atoms with Crippen molar-refractivity contribution < 1.29 is 4.79 Å². The molecule has 0 bridgehead atoms. The van der Waals surface area contributed by atoms with Crippen molar-refractivity contribution in [2.24, 2.45) is 0 Å². The van der Waals surface area contributed by atoms with E-state index in [4.69, 9.17) is 11.6 Å². The first-order valence-corrected chi connectivity index (χ1v) is 11.5. The minimum atomic E-state index is -0.551. The molecule has 4 rings (SSSR count). The molecule has 7 nitrogen and oxygen atoms in total. The molecule has 0 unspecified atom stereocenters. The van der Waals surface area contributed by atoms with Crippen LogP contribution in [0.4, 0.5) is 0 Å². The third-order valence-corrected chi connectivity index (χ3v) is 6.02. The number of pyridine rings is 1. The molecule has 0 aliphatic rings. The average Bonchev–Trinajstić information content (AvgIpc) is 2.83. The zero-order chi connectivity index (χ0) is 24.4. The monoisotopic (exact) mass is 476 g/mol. The first kappa shape index (κ1) is 23.4. The second-order valence-corrected chi connectivity index (χ2v) is 8.39. The van der Waals surface area contributed by atoms with Crippen LogP contribution in [0.2, 0.25) is 5.02 Å². The number of nitrogens with zero attached hydrogens (tertiary/aromatic N) is 4. The largest absolute Gasteiger partial charge is 0.339 e. The van der Waals surface area contributed by atoms with Crippen molar-refractivity contribution in [3.05, 3.63) is 103 Å². The van der Waals surface area contributed by atoms with E-state index in [1.807, 2.05) is 19.9 Å². The molecule has 0 fully saturated rings. The lowest BCUT2D eigenvalue weighted by Gasteiger charge is -2.21. The summed E-state index contributed by atoms with van der Waals surface area (Å²) in [6, 6.07) is 17.6. The lowest BCUT2D eigenvalue weighted by Crippen LogP contribution is -2.41. The molecule has 0 spiro atoms. The van der Waals surface area contributed by atoms with Gasteiger partial charge in [0.15, 0.2) is 5.65 Å². The maximum Gasteiger partial charge on any atom is 0.337 e. The van der Waals surface area contributed by atoms with Crippen molar-refractivity contribution in [2.75, 3.05) is 13.1 Å². The van der Waals surface area contributed by atoms with Gasteiger partial charge in [-0.25, -0.2) is 14.3 Å². The standard InChI is InChI=1S/C26H25ClN4O3/c1-4-29(5-2)24(32)21-15-17(3)28-23-22(21)25(33)30(16-18-11-13-19(27)14-12-18)26(34)31(23)20-9-7-6-8-10-20/h6-15H,4-5,16H2,1-3H3. The Bertz CT molecular complexity index is 1470. The fourth-order valence-corrected chi connectivity index (χ4v) is 4.16. The van der Waals surface area contributed by atoms with Crippen LogP contribution in [0.1, 0.15) is 35.5 Å². The highest BCUT2D eigenvalue weighted by atomic mass is 35.5. The molecule has 4 aromatic rings. The highest BCUT2D eigenvalue weighted by Gasteiger charge is 2.24. The molecule has 0 atom stereocenters. The Kier molecular flexibility index (Phi) is 6.65. The van der Waals surface area contributed by atoms with Gasteiger partial charge in [-0.3, -0.25) is 14.2 Å². The van der Waals surface area contributed by atoms with Gasteiger partial charge >= 0.3 is 5.69 Å². The second-order valence-electron chi connectivity index (χ2n) is 7.96. The molecule has 0 radical (unpaired) electrons. The summed E-state index contributed by atoms with van der Waals surface area (Å²) in [6.07, 6.45) is 0. The third kappa shape index (κ3) is 4.26. The van der Waals surface area contributed by atoms with Crippen molar-refractivity contribution in [1.29, 1.82) is 0 Å². The van der Waals surface area contributed by atoms with Crippen LogP contribution < -0.4 is 11.2 Å². The van der Waals surface area contributed by atoms with Gasteiger partial charge in [-0.1, -0.05) is 41.9 Å². The van der Waals surface area contributed by atoms with Crippen LogP contribution in [-0.2, 0) is 6.54 Å². The highest BCUT2D eigenvalue weighted by molar-refractivity contribution is 6.30. The minimum absolute atomic E-state index is 0.0321. The number of fused-ring (bicyclic) bond motifs is 1. The van der Waals surface area contributed by atoms with Crippen LogP contribution >= 0.6 is 11.6 Å². The number of carbonyl (C=O) groups is 1. The third-order valence-electron chi connectivity index (χ3n) is 5.77. The molecule has 2 heterocycles. The van der Waals surface area contributed by atoms with Crippen LogP contribution in [-0.4, -0.2) is 38.0 Å². The molecule has 0 aliphatic carbocycles. The Morgan fingerprint density at radius 1 is 1.00 bits per heavy atom. The number of hydrogen-bond donors (Lipinski definition) is 0. The van der Waals surface area contributed by atoms with Crippen molar-refractivity contribution in [2.45, 2.75) is 27.3 Å². The fraction of sp³-hybridized carbons (Fsp3) is 0.231. The summed E-state index contributed by atoms with van der Waals surface area (Å²) in [5, 5.41) is 0.683. The van der Waals surface area contributed by atoms with Crippen LogP contribution in [0.3, 0.4) is 0 Å². The summed E-state index contributed by atoms with van der Waals surface area (Å²) >= 11 is 6.00. The van der Waals surface area contributed by atoms with Crippen LogP contribution in [0.5, 0.6) is 0 Å². The molecule has 0 aliphatic heterocycles. The van der Waals surface area contributed by atoms with Crippen molar-refractivity contribution in [3.63, 3.8) is 0 Å². The van der Waals surface area contributed by atoms with E-state index in [2.05, 4.69) is 4.98 Å². The lowest BCUT2D eigenvalue weighted by atomic mass is 10.1. The Balaban J connectivity index is 2.10. The smallest absolute Gasteiger partial charge is 0.337 e. The van der Waals surface area contributed by atoms with Gasteiger partial charge in [-0.2, -0.15) is 0 Å². The topological polar surface area (TPSA) is 77.2 Å². The van der Waals surface area contributed by atoms with Crippen LogP contribution in [0.15, 0.2) is 70.3 Å². The van der Waals surface area contributed by atoms with Gasteiger partial charge in [0.1, 0.15) is 0 Å². The lowest BCUT2D eigenvalue weighted by molar-refractivity contribution is 0.0774. The SMILES string of the molecule is CCN(CC)C(=O)c1cc(C)nc2c1c(=O)n(Cc1ccc(Cl)cc1)c(=O)n2-c1ccccc1. The number of aromatic nitrogens is 3. The van der Waals surface area contributed by atoms with E-state index in [1.54, 1.807) is 66.4 Å². The first-order valence-electron chi connectivity index (χ1n) is 11.1. The van der Waals surface area contributed by atoms with Crippen molar-refractivity contribution in [1.82, 2.24) is 19.0 Å². The van der Waals surface area contributed by atoms with E-state index in [-0.39, 0.29) is 29.0 Å². The molecule has 0 saturated heterocycles. The number of para-hydroxylation sites is 1. The highest BCUT2D eigenvalue weighted by Crippen LogP contribution is 2.19. The quantitative estimate of drug-likeness (QED) is 0.421. The molecular weight excluding hydrogens is 452 g/mol.